The first kappa shape index (κ1) is 12.8. The number of rotatable bonds is 4. The fourth-order valence-corrected chi connectivity index (χ4v) is 2.22. The van der Waals surface area contributed by atoms with Crippen LogP contribution >= 0.6 is 0 Å². The largest absolute Gasteiger partial charge is 0.478 e. The molecular formula is C12H17N3O3. The Bertz CT molecular complexity index is 456. The summed E-state index contributed by atoms with van der Waals surface area (Å²) in [7, 11) is 0. The second-order valence-electron chi connectivity index (χ2n) is 4.78. The van der Waals surface area contributed by atoms with Crippen LogP contribution in [0.25, 0.3) is 0 Å². The summed E-state index contributed by atoms with van der Waals surface area (Å²) >= 11 is 0. The highest BCUT2D eigenvalue weighted by Crippen LogP contribution is 2.29. The maximum atomic E-state index is 10.8. The van der Waals surface area contributed by atoms with Gasteiger partial charge >= 0.3 is 5.97 Å². The van der Waals surface area contributed by atoms with Gasteiger partial charge in [0.25, 0.3) is 0 Å². The van der Waals surface area contributed by atoms with Gasteiger partial charge in [0.1, 0.15) is 0 Å². The van der Waals surface area contributed by atoms with Gasteiger partial charge in [-0.2, -0.15) is 0 Å². The Morgan fingerprint density at radius 1 is 1.50 bits per heavy atom. The van der Waals surface area contributed by atoms with Crippen LogP contribution in [-0.2, 0) is 0 Å². The molecule has 1 aliphatic rings. The highest BCUT2D eigenvalue weighted by Gasteiger charge is 2.30. The van der Waals surface area contributed by atoms with E-state index in [1.807, 2.05) is 0 Å². The van der Waals surface area contributed by atoms with Crippen molar-refractivity contribution < 1.29 is 15.0 Å². The van der Waals surface area contributed by atoms with Crippen LogP contribution in [0.5, 0.6) is 0 Å². The van der Waals surface area contributed by atoms with Crippen LogP contribution in [0.15, 0.2) is 6.20 Å². The minimum atomic E-state index is -1.03. The number of carbonyl (C=O) groups is 1. The average Bonchev–Trinajstić information content (AvgIpc) is 2.74. The molecular weight excluding hydrogens is 234 g/mol. The molecule has 3 N–H and O–H groups in total. The van der Waals surface area contributed by atoms with Crippen molar-refractivity contribution in [2.45, 2.75) is 38.2 Å². The van der Waals surface area contributed by atoms with E-state index < -0.39 is 11.6 Å². The summed E-state index contributed by atoms with van der Waals surface area (Å²) in [6.07, 6.45) is 4.93. The van der Waals surface area contributed by atoms with Gasteiger partial charge in [-0.1, -0.05) is 12.8 Å². The van der Waals surface area contributed by atoms with Crippen molar-refractivity contribution in [3.63, 3.8) is 0 Å². The lowest BCUT2D eigenvalue weighted by Gasteiger charge is -2.22. The zero-order valence-corrected chi connectivity index (χ0v) is 10.3. The Kier molecular flexibility index (Phi) is 3.47. The summed E-state index contributed by atoms with van der Waals surface area (Å²) in [4.78, 5) is 18.8. The van der Waals surface area contributed by atoms with E-state index in [0.717, 1.165) is 25.7 Å². The molecule has 0 unspecified atom stereocenters. The molecule has 1 saturated carbocycles. The molecule has 1 heterocycles. The quantitative estimate of drug-likeness (QED) is 0.744. The van der Waals surface area contributed by atoms with Crippen molar-refractivity contribution in [2.24, 2.45) is 0 Å². The van der Waals surface area contributed by atoms with Crippen LogP contribution in [0.2, 0.25) is 0 Å². The highest BCUT2D eigenvalue weighted by atomic mass is 16.4. The Hall–Kier alpha value is -1.69. The summed E-state index contributed by atoms with van der Waals surface area (Å²) < 4.78 is 0. The molecule has 0 bridgehead atoms. The molecule has 0 aliphatic heterocycles. The lowest BCUT2D eigenvalue weighted by molar-refractivity contribution is 0.0611. The van der Waals surface area contributed by atoms with Crippen LogP contribution in [0.4, 0.5) is 5.95 Å². The molecule has 0 amide bonds. The van der Waals surface area contributed by atoms with Crippen molar-refractivity contribution in [3.05, 3.63) is 17.5 Å². The SMILES string of the molecule is Cc1nc(NCC2(O)CCCC2)ncc1C(=O)O. The van der Waals surface area contributed by atoms with Crippen molar-refractivity contribution in [3.8, 4) is 0 Å². The molecule has 1 aliphatic carbocycles. The van der Waals surface area contributed by atoms with Crippen molar-refractivity contribution in [2.75, 3.05) is 11.9 Å². The van der Waals surface area contributed by atoms with Crippen LogP contribution in [0, 0.1) is 6.92 Å². The van der Waals surface area contributed by atoms with Gasteiger partial charge in [-0.15, -0.1) is 0 Å². The van der Waals surface area contributed by atoms with Gasteiger partial charge in [-0.05, 0) is 19.8 Å². The molecule has 0 radical (unpaired) electrons. The number of carboxylic acids is 1. The van der Waals surface area contributed by atoms with Crippen LogP contribution in [0.3, 0.4) is 0 Å². The number of aromatic nitrogens is 2. The van der Waals surface area contributed by atoms with Gasteiger partial charge in [0.2, 0.25) is 5.95 Å². The fourth-order valence-electron chi connectivity index (χ4n) is 2.22. The third kappa shape index (κ3) is 2.76. The van der Waals surface area contributed by atoms with E-state index in [0.29, 0.717) is 18.2 Å². The highest BCUT2D eigenvalue weighted by molar-refractivity contribution is 5.88. The zero-order chi connectivity index (χ0) is 13.2. The molecule has 1 fully saturated rings. The number of anilines is 1. The molecule has 0 saturated heterocycles. The van der Waals surface area contributed by atoms with Crippen molar-refractivity contribution >= 4 is 11.9 Å². The molecule has 6 heteroatoms. The smallest absolute Gasteiger partial charge is 0.339 e. The number of carboxylic acid groups (broad SMARTS) is 1. The fraction of sp³-hybridized carbons (Fsp3) is 0.583. The van der Waals surface area contributed by atoms with Gasteiger partial charge in [0.05, 0.1) is 16.9 Å². The topological polar surface area (TPSA) is 95.3 Å². The summed E-state index contributed by atoms with van der Waals surface area (Å²) in [5.41, 5.74) is -0.165. The lowest BCUT2D eigenvalue weighted by atomic mass is 10.0. The number of hydrogen-bond donors (Lipinski definition) is 3. The van der Waals surface area contributed by atoms with E-state index in [2.05, 4.69) is 15.3 Å². The summed E-state index contributed by atoms with van der Waals surface area (Å²) in [5.74, 6) is -0.675. The molecule has 6 nitrogen and oxygen atoms in total. The molecule has 1 aromatic rings. The van der Waals surface area contributed by atoms with E-state index in [4.69, 9.17) is 5.11 Å². The van der Waals surface area contributed by atoms with Crippen molar-refractivity contribution in [1.29, 1.82) is 0 Å². The number of hydrogen-bond acceptors (Lipinski definition) is 5. The number of nitrogens with one attached hydrogen (secondary N) is 1. The molecule has 18 heavy (non-hydrogen) atoms. The maximum absolute atomic E-state index is 10.8. The normalized spacial score (nSPS) is 17.7. The zero-order valence-electron chi connectivity index (χ0n) is 10.3. The summed E-state index contributed by atoms with van der Waals surface area (Å²) in [6, 6.07) is 0. The van der Waals surface area contributed by atoms with Gasteiger partial charge in [0.15, 0.2) is 0 Å². The third-order valence-corrected chi connectivity index (χ3v) is 3.32. The van der Waals surface area contributed by atoms with Gasteiger partial charge < -0.3 is 15.5 Å². The van der Waals surface area contributed by atoms with E-state index in [-0.39, 0.29) is 5.56 Å². The van der Waals surface area contributed by atoms with E-state index >= 15 is 0 Å². The molecule has 98 valence electrons. The Labute approximate surface area is 105 Å². The molecule has 0 spiro atoms. The number of nitrogens with zero attached hydrogens (tertiary/aromatic N) is 2. The van der Waals surface area contributed by atoms with Gasteiger partial charge in [-0.25, -0.2) is 14.8 Å². The Morgan fingerprint density at radius 3 is 2.72 bits per heavy atom. The van der Waals surface area contributed by atoms with E-state index in [1.165, 1.54) is 6.20 Å². The Balaban J connectivity index is 2.02. The monoisotopic (exact) mass is 251 g/mol. The second-order valence-corrected chi connectivity index (χ2v) is 4.78. The first-order valence-electron chi connectivity index (χ1n) is 6.03. The van der Waals surface area contributed by atoms with Crippen LogP contribution < -0.4 is 5.32 Å². The first-order valence-corrected chi connectivity index (χ1v) is 6.03. The minimum absolute atomic E-state index is 0.0973. The van der Waals surface area contributed by atoms with Crippen molar-refractivity contribution in [1.82, 2.24) is 9.97 Å². The maximum Gasteiger partial charge on any atom is 0.339 e. The first-order chi connectivity index (χ1) is 8.50. The van der Waals surface area contributed by atoms with Gasteiger partial charge in [0, 0.05) is 12.7 Å². The van der Waals surface area contributed by atoms with Gasteiger partial charge in [-0.3, -0.25) is 0 Å². The van der Waals surface area contributed by atoms with E-state index in [1.54, 1.807) is 6.92 Å². The summed E-state index contributed by atoms with van der Waals surface area (Å²) in [6.45, 7) is 2.03. The van der Waals surface area contributed by atoms with Crippen LogP contribution in [0.1, 0.15) is 41.7 Å². The number of aryl methyl sites for hydroxylation is 1. The average molecular weight is 251 g/mol. The van der Waals surface area contributed by atoms with Crippen LogP contribution in [-0.4, -0.2) is 38.3 Å². The molecule has 0 atom stereocenters. The Morgan fingerprint density at radius 2 is 2.17 bits per heavy atom. The number of aromatic carboxylic acids is 1. The molecule has 1 aromatic heterocycles. The minimum Gasteiger partial charge on any atom is -0.478 e. The molecule has 2 rings (SSSR count). The lowest BCUT2D eigenvalue weighted by Crippen LogP contribution is -2.34. The van der Waals surface area contributed by atoms with E-state index in [9.17, 15) is 9.90 Å². The standard InChI is InChI=1S/C12H17N3O3/c1-8-9(10(16)17)6-13-11(15-8)14-7-12(18)4-2-3-5-12/h6,18H,2-5,7H2,1H3,(H,16,17)(H,13,14,15). The number of aliphatic hydroxyl groups is 1. The summed E-state index contributed by atoms with van der Waals surface area (Å²) in [5, 5.41) is 22.0. The predicted octanol–water partition coefficient (Wildman–Crippen LogP) is 1.20. The third-order valence-electron chi connectivity index (χ3n) is 3.32. The molecule has 0 aromatic carbocycles. The second kappa shape index (κ2) is 4.89. The predicted molar refractivity (Wildman–Crippen MR) is 65.6 cm³/mol.